The fourth-order valence-corrected chi connectivity index (χ4v) is 3.28. The number of aliphatic imine (C=N–C) groups is 1. The van der Waals surface area contributed by atoms with Gasteiger partial charge in [-0.05, 0) is 37.1 Å². The summed E-state index contributed by atoms with van der Waals surface area (Å²) in [6, 6.07) is 6.06. The Morgan fingerprint density at radius 1 is 1.39 bits per heavy atom. The van der Waals surface area contributed by atoms with Gasteiger partial charge in [0.05, 0.1) is 13.2 Å². The van der Waals surface area contributed by atoms with Crippen molar-refractivity contribution in [2.24, 2.45) is 10.4 Å². The average molecular weight is 321 g/mol. The number of hydrogen-bond acceptors (Lipinski definition) is 3. The second-order valence-corrected chi connectivity index (χ2v) is 6.25. The lowest BCUT2D eigenvalue weighted by Gasteiger charge is -2.24. The van der Waals surface area contributed by atoms with E-state index >= 15 is 0 Å². The number of nitrogens with zero attached hydrogens (tertiary/aromatic N) is 2. The molecule has 0 bridgehead atoms. The first-order valence-corrected chi connectivity index (χ1v) is 8.13. The Bertz CT molecular complexity index is 541. The van der Waals surface area contributed by atoms with Gasteiger partial charge < -0.3 is 19.7 Å². The number of guanidine groups is 1. The molecule has 2 aliphatic rings. The van der Waals surface area contributed by atoms with E-state index in [1.54, 1.807) is 19.2 Å². The van der Waals surface area contributed by atoms with Crippen molar-refractivity contribution in [1.29, 1.82) is 0 Å². The van der Waals surface area contributed by atoms with E-state index in [0.717, 1.165) is 38.7 Å². The van der Waals surface area contributed by atoms with Crippen LogP contribution in [0.15, 0.2) is 29.3 Å². The molecule has 0 aromatic heterocycles. The van der Waals surface area contributed by atoms with E-state index in [0.29, 0.717) is 24.3 Å². The maximum absolute atomic E-state index is 12.8. The summed E-state index contributed by atoms with van der Waals surface area (Å²) in [5.74, 6) is 1.33. The van der Waals surface area contributed by atoms with Gasteiger partial charge >= 0.3 is 0 Å². The molecule has 1 atom stereocenters. The zero-order valence-electron chi connectivity index (χ0n) is 13.6. The van der Waals surface area contributed by atoms with E-state index < -0.39 is 0 Å². The number of likely N-dealkylation sites (tertiary alicyclic amines) is 1. The third kappa shape index (κ3) is 3.93. The van der Waals surface area contributed by atoms with Crippen LogP contribution in [0.2, 0.25) is 0 Å². The molecule has 23 heavy (non-hydrogen) atoms. The van der Waals surface area contributed by atoms with E-state index in [1.165, 1.54) is 18.6 Å². The Hall–Kier alpha value is -1.82. The van der Waals surface area contributed by atoms with Gasteiger partial charge in [-0.15, -0.1) is 0 Å². The Kier molecular flexibility index (Phi) is 5.00. The highest BCUT2D eigenvalue weighted by Crippen LogP contribution is 2.38. The quantitative estimate of drug-likeness (QED) is 0.523. The van der Waals surface area contributed by atoms with Gasteiger partial charge in [0.2, 0.25) is 0 Å². The Morgan fingerprint density at radius 2 is 2.22 bits per heavy atom. The largest absolute Gasteiger partial charge is 0.492 e. The summed E-state index contributed by atoms with van der Waals surface area (Å²) in [7, 11) is 1.80. The van der Waals surface area contributed by atoms with Crippen LogP contribution < -0.4 is 10.1 Å². The normalized spacial score (nSPS) is 24.4. The maximum Gasteiger partial charge on any atom is 0.193 e. The van der Waals surface area contributed by atoms with Crippen LogP contribution in [0.25, 0.3) is 0 Å². The Labute approximate surface area is 136 Å². The molecule has 0 aliphatic carbocycles. The molecule has 2 aliphatic heterocycles. The molecule has 0 saturated carbocycles. The summed E-state index contributed by atoms with van der Waals surface area (Å²) >= 11 is 0. The molecule has 1 N–H and O–H groups in total. The van der Waals surface area contributed by atoms with Gasteiger partial charge in [-0.25, -0.2) is 4.39 Å². The summed E-state index contributed by atoms with van der Waals surface area (Å²) in [5.41, 5.74) is 0.322. The summed E-state index contributed by atoms with van der Waals surface area (Å²) in [4.78, 5) is 6.66. The van der Waals surface area contributed by atoms with Gasteiger partial charge in [0, 0.05) is 32.2 Å². The first-order valence-electron chi connectivity index (χ1n) is 8.13. The minimum Gasteiger partial charge on any atom is -0.492 e. The van der Waals surface area contributed by atoms with Crippen molar-refractivity contribution in [2.45, 2.75) is 12.8 Å². The molecule has 126 valence electrons. The summed E-state index contributed by atoms with van der Waals surface area (Å²) in [6.07, 6.45) is 2.31. The standard InChI is InChI=1S/C17H24FN3O2/c1-19-16(21-9-6-17(12-21)7-10-22-13-17)20-8-11-23-15-4-2-14(18)3-5-15/h2-5H,6-13H2,1H3,(H,19,20). The van der Waals surface area contributed by atoms with Gasteiger partial charge in [-0.2, -0.15) is 0 Å². The molecule has 2 saturated heterocycles. The van der Waals surface area contributed by atoms with Crippen molar-refractivity contribution in [1.82, 2.24) is 10.2 Å². The molecule has 1 spiro atoms. The number of ether oxygens (including phenoxy) is 2. The van der Waals surface area contributed by atoms with Gasteiger partial charge in [0.25, 0.3) is 0 Å². The molecular weight excluding hydrogens is 297 g/mol. The van der Waals surface area contributed by atoms with E-state index in [-0.39, 0.29) is 5.82 Å². The summed E-state index contributed by atoms with van der Waals surface area (Å²) < 4.78 is 24.0. The van der Waals surface area contributed by atoms with Crippen LogP contribution in [0.3, 0.4) is 0 Å². The minimum absolute atomic E-state index is 0.255. The highest BCUT2D eigenvalue weighted by Gasteiger charge is 2.42. The molecule has 5 nitrogen and oxygen atoms in total. The number of rotatable bonds is 4. The maximum atomic E-state index is 12.8. The molecule has 0 radical (unpaired) electrons. The lowest BCUT2D eigenvalue weighted by molar-refractivity contribution is 0.156. The van der Waals surface area contributed by atoms with Crippen molar-refractivity contribution in [3.63, 3.8) is 0 Å². The first kappa shape index (κ1) is 16.1. The fraction of sp³-hybridized carbons (Fsp3) is 0.588. The number of nitrogens with one attached hydrogen (secondary N) is 1. The van der Waals surface area contributed by atoms with Crippen molar-refractivity contribution >= 4 is 5.96 Å². The van der Waals surface area contributed by atoms with Crippen LogP contribution in [0.5, 0.6) is 5.75 Å². The second kappa shape index (κ2) is 7.17. The van der Waals surface area contributed by atoms with E-state index in [1.807, 2.05) is 0 Å². The predicted molar refractivity (Wildman–Crippen MR) is 87.3 cm³/mol. The number of halogens is 1. The van der Waals surface area contributed by atoms with E-state index in [9.17, 15) is 4.39 Å². The van der Waals surface area contributed by atoms with Crippen LogP contribution >= 0.6 is 0 Å². The van der Waals surface area contributed by atoms with Gasteiger partial charge in [-0.3, -0.25) is 4.99 Å². The monoisotopic (exact) mass is 321 g/mol. The zero-order chi connectivity index (χ0) is 16.1. The summed E-state index contributed by atoms with van der Waals surface area (Å²) in [6.45, 7) is 4.93. The molecule has 1 unspecified atom stereocenters. The van der Waals surface area contributed by atoms with Gasteiger partial charge in [0.1, 0.15) is 18.2 Å². The third-order valence-electron chi connectivity index (χ3n) is 4.60. The van der Waals surface area contributed by atoms with Crippen LogP contribution in [-0.2, 0) is 4.74 Å². The average Bonchev–Trinajstić information content (AvgIpc) is 3.20. The van der Waals surface area contributed by atoms with E-state index in [4.69, 9.17) is 9.47 Å². The molecule has 0 amide bonds. The molecule has 3 rings (SSSR count). The highest BCUT2D eigenvalue weighted by atomic mass is 19.1. The fourth-order valence-electron chi connectivity index (χ4n) is 3.28. The molecule has 1 aromatic rings. The van der Waals surface area contributed by atoms with Crippen molar-refractivity contribution in [3.05, 3.63) is 30.1 Å². The second-order valence-electron chi connectivity index (χ2n) is 6.25. The SMILES string of the molecule is CN=C(NCCOc1ccc(F)cc1)N1CCC2(CCOC2)C1. The van der Waals surface area contributed by atoms with Crippen LogP contribution in [0.4, 0.5) is 4.39 Å². The van der Waals surface area contributed by atoms with Crippen molar-refractivity contribution < 1.29 is 13.9 Å². The molecule has 6 heteroatoms. The van der Waals surface area contributed by atoms with Crippen LogP contribution in [0, 0.1) is 11.2 Å². The lowest BCUT2D eigenvalue weighted by atomic mass is 9.87. The molecule has 1 aromatic carbocycles. The van der Waals surface area contributed by atoms with Gasteiger partial charge in [-0.1, -0.05) is 0 Å². The van der Waals surface area contributed by atoms with E-state index in [2.05, 4.69) is 15.2 Å². The Morgan fingerprint density at radius 3 is 2.91 bits per heavy atom. The molecule has 2 fully saturated rings. The molecule has 2 heterocycles. The zero-order valence-corrected chi connectivity index (χ0v) is 13.6. The topological polar surface area (TPSA) is 46.1 Å². The minimum atomic E-state index is -0.255. The highest BCUT2D eigenvalue weighted by molar-refractivity contribution is 5.80. The predicted octanol–water partition coefficient (Wildman–Crippen LogP) is 1.89. The summed E-state index contributed by atoms with van der Waals surface area (Å²) in [5, 5.41) is 3.34. The number of hydrogen-bond donors (Lipinski definition) is 1. The van der Waals surface area contributed by atoms with Crippen LogP contribution in [0.1, 0.15) is 12.8 Å². The van der Waals surface area contributed by atoms with Gasteiger partial charge in [0.15, 0.2) is 5.96 Å². The molecular formula is C17H24FN3O2. The third-order valence-corrected chi connectivity index (χ3v) is 4.60. The lowest BCUT2D eigenvalue weighted by Crippen LogP contribution is -2.42. The van der Waals surface area contributed by atoms with Crippen LogP contribution in [-0.4, -0.2) is 57.4 Å². The smallest absolute Gasteiger partial charge is 0.193 e. The van der Waals surface area contributed by atoms with Crippen molar-refractivity contribution in [2.75, 3.05) is 46.5 Å². The Balaban J connectivity index is 1.42. The van der Waals surface area contributed by atoms with Crippen molar-refractivity contribution in [3.8, 4) is 5.75 Å². The number of benzene rings is 1. The first-order chi connectivity index (χ1) is 11.2.